The Hall–Kier alpha value is -2.17. The summed E-state index contributed by atoms with van der Waals surface area (Å²) in [4.78, 5) is 17.6. The molecule has 5 heteroatoms. The average Bonchev–Trinajstić information content (AvgIpc) is 3.08. The first kappa shape index (κ1) is 16.0. The maximum absolute atomic E-state index is 13.0. The van der Waals surface area contributed by atoms with Gasteiger partial charge in [0.1, 0.15) is 0 Å². The van der Waals surface area contributed by atoms with Gasteiger partial charge in [0.05, 0.1) is 11.8 Å². The molecule has 1 aromatic carbocycles. The van der Waals surface area contributed by atoms with Crippen molar-refractivity contribution in [2.24, 2.45) is 17.8 Å². The molecule has 4 atom stereocenters. The molecule has 0 saturated heterocycles. The molecule has 0 radical (unpaired) electrons. The van der Waals surface area contributed by atoms with Crippen molar-refractivity contribution in [2.45, 2.75) is 50.4 Å². The van der Waals surface area contributed by atoms with Crippen LogP contribution in [0.3, 0.4) is 0 Å². The second kappa shape index (κ2) is 6.53. The monoisotopic (exact) mass is 351 g/mol. The number of fused-ring (bicyclic) bond motifs is 2. The predicted molar refractivity (Wildman–Crippen MR) is 96.5 cm³/mol. The van der Waals surface area contributed by atoms with Crippen molar-refractivity contribution in [1.29, 1.82) is 0 Å². The number of carbonyl (C=O) groups is 1. The smallest absolute Gasteiger partial charge is 0.230 e. The Morgan fingerprint density at radius 1 is 1.12 bits per heavy atom. The molecule has 1 amide bonds. The van der Waals surface area contributed by atoms with Gasteiger partial charge in [-0.15, -0.1) is 0 Å². The summed E-state index contributed by atoms with van der Waals surface area (Å²) >= 11 is 0. The zero-order valence-corrected chi connectivity index (χ0v) is 14.9. The van der Waals surface area contributed by atoms with Gasteiger partial charge in [0, 0.05) is 12.5 Å². The maximum atomic E-state index is 13.0. The molecular weight excluding hydrogens is 326 g/mol. The summed E-state index contributed by atoms with van der Waals surface area (Å²) in [6.45, 7) is 0.681. The highest BCUT2D eigenvalue weighted by molar-refractivity contribution is 5.80. The van der Waals surface area contributed by atoms with Gasteiger partial charge in [-0.2, -0.15) is 4.98 Å². The number of nitrogens with zero attached hydrogens (tertiary/aromatic N) is 2. The van der Waals surface area contributed by atoms with E-state index in [4.69, 9.17) is 4.52 Å². The Morgan fingerprint density at radius 2 is 1.92 bits per heavy atom. The van der Waals surface area contributed by atoms with Gasteiger partial charge in [0.25, 0.3) is 0 Å². The standard InChI is InChI=1S/C21H25N3O2/c25-20(22-11-10-13-4-2-1-3-5-13)17-15-8-9-16(12-15)18(17)21-23-19(24-26-21)14-6-7-14/h1-5,14-18H,6-12H2,(H,22,25)/t15-,16+,17-,18-/m0/s1. The summed E-state index contributed by atoms with van der Waals surface area (Å²) < 4.78 is 5.62. The summed E-state index contributed by atoms with van der Waals surface area (Å²) in [6.07, 6.45) is 6.66. The average molecular weight is 351 g/mol. The van der Waals surface area contributed by atoms with E-state index < -0.39 is 0 Å². The predicted octanol–water partition coefficient (Wildman–Crippen LogP) is 3.44. The van der Waals surface area contributed by atoms with E-state index in [1.165, 1.54) is 24.8 Å². The highest BCUT2D eigenvalue weighted by atomic mass is 16.5. The quantitative estimate of drug-likeness (QED) is 0.866. The van der Waals surface area contributed by atoms with Crippen molar-refractivity contribution in [1.82, 2.24) is 15.5 Å². The number of rotatable bonds is 6. The molecule has 1 N–H and O–H groups in total. The zero-order chi connectivity index (χ0) is 17.5. The van der Waals surface area contributed by atoms with Gasteiger partial charge in [0.2, 0.25) is 11.8 Å². The third kappa shape index (κ3) is 2.93. The van der Waals surface area contributed by atoms with Crippen molar-refractivity contribution >= 4 is 5.91 Å². The third-order valence-electron chi connectivity index (χ3n) is 6.46. The molecule has 3 aliphatic rings. The molecule has 1 heterocycles. The van der Waals surface area contributed by atoms with E-state index in [0.29, 0.717) is 30.2 Å². The van der Waals surface area contributed by atoms with E-state index in [1.807, 2.05) is 18.2 Å². The van der Waals surface area contributed by atoms with Crippen molar-refractivity contribution in [2.75, 3.05) is 6.54 Å². The summed E-state index contributed by atoms with van der Waals surface area (Å²) in [6, 6.07) is 10.3. The normalized spacial score (nSPS) is 29.8. The lowest BCUT2D eigenvalue weighted by Crippen LogP contribution is -2.38. The van der Waals surface area contributed by atoms with Gasteiger partial charge in [-0.25, -0.2) is 0 Å². The largest absolute Gasteiger partial charge is 0.356 e. The summed E-state index contributed by atoms with van der Waals surface area (Å²) in [5.74, 6) is 3.33. The fraction of sp³-hybridized carbons (Fsp3) is 0.571. The highest BCUT2D eigenvalue weighted by Gasteiger charge is 2.53. The number of amides is 1. The lowest BCUT2D eigenvalue weighted by molar-refractivity contribution is -0.127. The molecule has 136 valence electrons. The Labute approximate surface area is 153 Å². The number of aromatic nitrogens is 2. The fourth-order valence-electron chi connectivity index (χ4n) is 5.01. The fourth-order valence-corrected chi connectivity index (χ4v) is 5.01. The summed E-state index contributed by atoms with van der Waals surface area (Å²) in [5.41, 5.74) is 1.25. The first-order valence-electron chi connectivity index (χ1n) is 9.94. The van der Waals surface area contributed by atoms with E-state index >= 15 is 0 Å². The molecule has 1 aromatic heterocycles. The number of hydrogen-bond donors (Lipinski definition) is 1. The van der Waals surface area contributed by atoms with Gasteiger partial charge in [-0.05, 0) is 55.9 Å². The van der Waals surface area contributed by atoms with Crippen molar-refractivity contribution in [3.05, 3.63) is 47.6 Å². The van der Waals surface area contributed by atoms with Gasteiger partial charge < -0.3 is 9.84 Å². The first-order chi connectivity index (χ1) is 12.8. The van der Waals surface area contributed by atoms with Crippen LogP contribution >= 0.6 is 0 Å². The van der Waals surface area contributed by atoms with Crippen LogP contribution in [0, 0.1) is 17.8 Å². The van der Waals surface area contributed by atoms with Crippen LogP contribution in [0.25, 0.3) is 0 Å². The summed E-state index contributed by atoms with van der Waals surface area (Å²) in [7, 11) is 0. The topological polar surface area (TPSA) is 68.0 Å². The molecule has 3 fully saturated rings. The first-order valence-corrected chi connectivity index (χ1v) is 9.94. The van der Waals surface area contributed by atoms with Crippen LogP contribution in [0.15, 0.2) is 34.9 Å². The van der Waals surface area contributed by atoms with E-state index in [1.54, 1.807) is 0 Å². The lowest BCUT2D eigenvalue weighted by Gasteiger charge is -2.27. The van der Waals surface area contributed by atoms with Crippen molar-refractivity contribution in [3.63, 3.8) is 0 Å². The molecule has 2 aromatic rings. The lowest BCUT2D eigenvalue weighted by atomic mass is 9.78. The Morgan fingerprint density at radius 3 is 2.73 bits per heavy atom. The molecule has 3 aliphatic carbocycles. The van der Waals surface area contributed by atoms with Gasteiger partial charge >= 0.3 is 0 Å². The van der Waals surface area contributed by atoms with E-state index in [0.717, 1.165) is 25.1 Å². The molecule has 0 spiro atoms. The molecule has 2 bridgehead atoms. The van der Waals surface area contributed by atoms with Crippen molar-refractivity contribution < 1.29 is 9.32 Å². The minimum absolute atomic E-state index is 0.00275. The SMILES string of the molecule is O=C(NCCc1ccccc1)[C@H]1[C@H]2CC[C@H](C2)[C@@H]1c1nc(C2CC2)no1. The van der Waals surface area contributed by atoms with Crippen LogP contribution in [-0.2, 0) is 11.2 Å². The number of benzene rings is 1. The van der Waals surface area contributed by atoms with Crippen LogP contribution in [0.1, 0.15) is 61.2 Å². The second-order valence-corrected chi connectivity index (χ2v) is 8.18. The molecule has 0 unspecified atom stereocenters. The Bertz CT molecular complexity index is 784. The molecule has 0 aliphatic heterocycles. The van der Waals surface area contributed by atoms with Gasteiger partial charge in [-0.1, -0.05) is 35.5 Å². The van der Waals surface area contributed by atoms with E-state index in [-0.39, 0.29) is 17.7 Å². The van der Waals surface area contributed by atoms with Crippen LogP contribution in [-0.4, -0.2) is 22.6 Å². The summed E-state index contributed by atoms with van der Waals surface area (Å²) in [5, 5.41) is 7.35. The van der Waals surface area contributed by atoms with Crippen LogP contribution < -0.4 is 5.32 Å². The van der Waals surface area contributed by atoms with Crippen LogP contribution in [0.2, 0.25) is 0 Å². The molecule has 5 nitrogen and oxygen atoms in total. The molecule has 3 saturated carbocycles. The zero-order valence-electron chi connectivity index (χ0n) is 14.9. The second-order valence-electron chi connectivity index (χ2n) is 8.18. The van der Waals surface area contributed by atoms with Gasteiger partial charge in [-0.3, -0.25) is 4.79 Å². The number of nitrogens with one attached hydrogen (secondary N) is 1. The third-order valence-corrected chi connectivity index (χ3v) is 6.46. The minimum Gasteiger partial charge on any atom is -0.356 e. The molecule has 26 heavy (non-hydrogen) atoms. The number of hydrogen-bond acceptors (Lipinski definition) is 4. The molecule has 5 rings (SSSR count). The maximum Gasteiger partial charge on any atom is 0.230 e. The van der Waals surface area contributed by atoms with Crippen LogP contribution in [0.4, 0.5) is 0 Å². The Balaban J connectivity index is 1.27. The van der Waals surface area contributed by atoms with Crippen molar-refractivity contribution in [3.8, 4) is 0 Å². The van der Waals surface area contributed by atoms with Crippen LogP contribution in [0.5, 0.6) is 0 Å². The van der Waals surface area contributed by atoms with Gasteiger partial charge in [0.15, 0.2) is 5.82 Å². The molecular formula is C21H25N3O2. The van der Waals surface area contributed by atoms with E-state index in [2.05, 4.69) is 27.6 Å². The highest BCUT2D eigenvalue weighted by Crippen LogP contribution is 2.56. The minimum atomic E-state index is -0.00275. The Kier molecular flexibility index (Phi) is 4.03. The number of carbonyl (C=O) groups excluding carboxylic acids is 1. The van der Waals surface area contributed by atoms with E-state index in [9.17, 15) is 4.79 Å².